The second-order valence-electron chi connectivity index (χ2n) is 3.70. The molecule has 0 aliphatic heterocycles. The first-order valence-electron chi connectivity index (χ1n) is 5.15. The lowest BCUT2D eigenvalue weighted by Crippen LogP contribution is -2.09. The molecule has 96 valence electrons. The van der Waals surface area contributed by atoms with Gasteiger partial charge in [-0.25, -0.2) is 4.98 Å². The van der Waals surface area contributed by atoms with Gasteiger partial charge in [0.2, 0.25) is 0 Å². The number of hydrogen-bond donors (Lipinski definition) is 1. The van der Waals surface area contributed by atoms with Crippen molar-refractivity contribution in [2.45, 2.75) is 5.16 Å². The standard InChI is InChI=1S/C11H6ClN3OS3/c12-5-1-3-6(4-2-5)15-8-7(19-11(15)18)9(16)14-10(17)13-8/h1-4H,(H2,13,14,16,17)/p-1. The highest BCUT2D eigenvalue weighted by atomic mass is 35.5. The van der Waals surface area contributed by atoms with Gasteiger partial charge in [0.1, 0.15) is 4.70 Å². The fraction of sp³-hybridized carbons (Fsp3) is 0. The van der Waals surface area contributed by atoms with Crippen LogP contribution in [0.15, 0.2) is 34.2 Å². The van der Waals surface area contributed by atoms with Crippen LogP contribution in [0.2, 0.25) is 5.02 Å². The summed E-state index contributed by atoms with van der Waals surface area (Å²) in [6.45, 7) is 0. The van der Waals surface area contributed by atoms with E-state index in [0.29, 0.717) is 19.3 Å². The van der Waals surface area contributed by atoms with Gasteiger partial charge < -0.3 is 17.6 Å². The number of hydrogen-bond acceptors (Lipinski definition) is 5. The fourth-order valence-corrected chi connectivity index (χ4v) is 3.29. The van der Waals surface area contributed by atoms with Crippen molar-refractivity contribution in [3.63, 3.8) is 0 Å². The quantitative estimate of drug-likeness (QED) is 0.424. The summed E-state index contributed by atoms with van der Waals surface area (Å²) < 4.78 is 2.72. The van der Waals surface area contributed by atoms with Crippen LogP contribution in [0.25, 0.3) is 16.0 Å². The number of benzene rings is 1. The molecule has 0 radical (unpaired) electrons. The van der Waals surface area contributed by atoms with Gasteiger partial charge in [0.05, 0.1) is 0 Å². The zero-order valence-corrected chi connectivity index (χ0v) is 12.4. The number of thiazole rings is 1. The number of fused-ring (bicyclic) bond motifs is 1. The lowest BCUT2D eigenvalue weighted by molar-refractivity contribution is 0.948. The van der Waals surface area contributed by atoms with E-state index in [1.807, 2.05) is 12.1 Å². The van der Waals surface area contributed by atoms with Crippen molar-refractivity contribution >= 4 is 58.1 Å². The Morgan fingerprint density at radius 1 is 1.37 bits per heavy atom. The second-order valence-corrected chi connectivity index (χ2v) is 6.17. The summed E-state index contributed by atoms with van der Waals surface area (Å²) in [4.78, 5) is 18.5. The first kappa shape index (κ1) is 12.7. The zero-order valence-electron chi connectivity index (χ0n) is 9.21. The number of aromatic amines is 1. The van der Waals surface area contributed by atoms with Crippen molar-refractivity contribution in [2.24, 2.45) is 0 Å². The Morgan fingerprint density at radius 2 is 2.05 bits per heavy atom. The molecule has 8 heteroatoms. The molecule has 0 aliphatic rings. The monoisotopic (exact) mass is 326 g/mol. The molecule has 0 saturated carbocycles. The third-order valence-corrected chi connectivity index (χ3v) is 4.31. The summed E-state index contributed by atoms with van der Waals surface area (Å²) >= 11 is 17.3. The van der Waals surface area contributed by atoms with E-state index in [-0.39, 0.29) is 10.7 Å². The van der Waals surface area contributed by atoms with Gasteiger partial charge in [-0.15, -0.1) is 0 Å². The number of H-pyrrole nitrogens is 1. The number of aromatic nitrogens is 3. The maximum absolute atomic E-state index is 11.8. The van der Waals surface area contributed by atoms with Gasteiger partial charge in [-0.3, -0.25) is 9.36 Å². The van der Waals surface area contributed by atoms with Crippen molar-refractivity contribution in [1.82, 2.24) is 14.5 Å². The molecule has 19 heavy (non-hydrogen) atoms. The Kier molecular flexibility index (Phi) is 3.14. The first-order chi connectivity index (χ1) is 9.06. The molecule has 3 rings (SSSR count). The minimum Gasteiger partial charge on any atom is -0.742 e. The van der Waals surface area contributed by atoms with E-state index < -0.39 is 0 Å². The van der Waals surface area contributed by atoms with Gasteiger partial charge in [-0.1, -0.05) is 22.9 Å². The van der Waals surface area contributed by atoms with Crippen LogP contribution < -0.4 is 5.56 Å². The molecule has 1 N–H and O–H groups in total. The fourth-order valence-electron chi connectivity index (χ4n) is 1.71. The van der Waals surface area contributed by atoms with Crippen LogP contribution in [0.3, 0.4) is 0 Å². The minimum atomic E-state index is -0.265. The van der Waals surface area contributed by atoms with Crippen molar-refractivity contribution in [1.29, 1.82) is 0 Å². The van der Waals surface area contributed by atoms with E-state index in [1.54, 1.807) is 16.7 Å². The number of halogens is 1. The molecule has 4 nitrogen and oxygen atoms in total. The van der Waals surface area contributed by atoms with Crippen molar-refractivity contribution in [3.8, 4) is 5.69 Å². The van der Waals surface area contributed by atoms with Crippen molar-refractivity contribution in [2.75, 3.05) is 0 Å². The lowest BCUT2D eigenvalue weighted by atomic mass is 10.3. The molecule has 0 bridgehead atoms. The van der Waals surface area contributed by atoms with Gasteiger partial charge in [-0.05, 0) is 41.6 Å². The Morgan fingerprint density at radius 3 is 2.74 bits per heavy atom. The largest absolute Gasteiger partial charge is 0.742 e. The summed E-state index contributed by atoms with van der Waals surface area (Å²) in [5, 5.41) is 0.776. The summed E-state index contributed by atoms with van der Waals surface area (Å²) in [6, 6.07) is 7.14. The highest BCUT2D eigenvalue weighted by Crippen LogP contribution is 2.23. The topological polar surface area (TPSA) is 50.7 Å². The van der Waals surface area contributed by atoms with Crippen molar-refractivity contribution < 1.29 is 0 Å². The van der Waals surface area contributed by atoms with E-state index >= 15 is 0 Å². The number of nitrogens with zero attached hydrogens (tertiary/aromatic N) is 2. The van der Waals surface area contributed by atoms with E-state index in [2.05, 4.69) is 9.97 Å². The third-order valence-electron chi connectivity index (χ3n) is 2.51. The van der Waals surface area contributed by atoms with Crippen LogP contribution in [-0.2, 0) is 12.6 Å². The summed E-state index contributed by atoms with van der Waals surface area (Å²) in [7, 11) is 0. The van der Waals surface area contributed by atoms with Crippen molar-refractivity contribution in [3.05, 3.63) is 43.6 Å². The maximum atomic E-state index is 11.8. The summed E-state index contributed by atoms with van der Waals surface area (Å²) in [5.41, 5.74) is 1.01. The highest BCUT2D eigenvalue weighted by molar-refractivity contribution is 7.73. The Hall–Kier alpha value is -1.28. The summed E-state index contributed by atoms with van der Waals surface area (Å²) in [6.07, 6.45) is 0. The van der Waals surface area contributed by atoms with Crippen LogP contribution >= 0.6 is 35.2 Å². The third kappa shape index (κ3) is 2.18. The number of rotatable bonds is 1. The van der Waals surface area contributed by atoms with Crippen LogP contribution in [0.4, 0.5) is 0 Å². The lowest BCUT2D eigenvalue weighted by Gasteiger charge is -2.07. The molecule has 2 heterocycles. The molecule has 0 amide bonds. The first-order valence-corrected chi connectivity index (χ1v) is 7.16. The van der Waals surface area contributed by atoms with Gasteiger partial charge in [0.25, 0.3) is 5.56 Å². The van der Waals surface area contributed by atoms with Crippen LogP contribution in [0, 0.1) is 3.95 Å². The van der Waals surface area contributed by atoms with E-state index in [0.717, 1.165) is 5.69 Å². The Bertz CT molecular complexity index is 879. The van der Waals surface area contributed by atoms with E-state index in [1.165, 1.54) is 11.3 Å². The van der Waals surface area contributed by atoms with Gasteiger partial charge in [-0.2, -0.15) is 0 Å². The van der Waals surface area contributed by atoms with E-state index in [4.69, 9.17) is 36.4 Å². The highest BCUT2D eigenvalue weighted by Gasteiger charge is 2.11. The molecule has 0 unspecified atom stereocenters. The van der Waals surface area contributed by atoms with Gasteiger partial charge >= 0.3 is 0 Å². The summed E-state index contributed by atoms with van der Waals surface area (Å²) in [5.74, 6) is 0. The minimum absolute atomic E-state index is 0.146. The maximum Gasteiger partial charge on any atom is 0.269 e. The molecule has 3 aromatic rings. The molecular weight excluding hydrogens is 322 g/mol. The molecule has 0 saturated heterocycles. The van der Waals surface area contributed by atoms with E-state index in [9.17, 15) is 4.79 Å². The molecule has 2 aromatic heterocycles. The van der Waals surface area contributed by atoms with Crippen LogP contribution in [-0.4, -0.2) is 14.5 Å². The molecule has 0 aliphatic carbocycles. The molecule has 0 spiro atoms. The predicted molar refractivity (Wildman–Crippen MR) is 81.0 cm³/mol. The average molecular weight is 327 g/mol. The zero-order chi connectivity index (χ0) is 13.6. The second kappa shape index (κ2) is 4.68. The Balaban J connectivity index is 2.41. The van der Waals surface area contributed by atoms with Gasteiger partial charge in [0.15, 0.2) is 9.60 Å². The predicted octanol–water partition coefficient (Wildman–Crippen LogP) is 3.06. The molecular formula is C11H5ClN3OS3-. The number of nitrogens with one attached hydrogen (secondary N) is 1. The normalized spacial score (nSPS) is 11.0. The SMILES string of the molecule is O=c1[nH]c([S-])nc2c1sc(=S)n2-c1ccc(Cl)cc1. The van der Waals surface area contributed by atoms with Crippen LogP contribution in [0.1, 0.15) is 0 Å². The van der Waals surface area contributed by atoms with Gasteiger partial charge in [0, 0.05) is 10.7 Å². The smallest absolute Gasteiger partial charge is 0.269 e. The molecule has 0 atom stereocenters. The molecule has 1 aromatic carbocycles. The Labute approximate surface area is 127 Å². The van der Waals surface area contributed by atoms with Crippen LogP contribution in [0.5, 0.6) is 0 Å². The molecule has 0 fully saturated rings. The average Bonchev–Trinajstić information content (AvgIpc) is 2.67.